The maximum absolute atomic E-state index is 11.8. The first-order chi connectivity index (χ1) is 10.7. The number of hydrogen-bond acceptors (Lipinski definition) is 4. The van der Waals surface area contributed by atoms with Crippen molar-refractivity contribution in [2.24, 2.45) is 0 Å². The normalized spacial score (nSPS) is 10.5. The Kier molecular flexibility index (Phi) is 5.20. The van der Waals surface area contributed by atoms with E-state index in [0.717, 1.165) is 11.1 Å². The Labute approximate surface area is 129 Å². The summed E-state index contributed by atoms with van der Waals surface area (Å²) in [6.45, 7) is 0. The quantitative estimate of drug-likeness (QED) is 0.624. The molecule has 4 nitrogen and oxygen atoms in total. The molecular formula is C18H18O4. The van der Waals surface area contributed by atoms with E-state index in [-0.39, 0.29) is 0 Å². The van der Waals surface area contributed by atoms with Gasteiger partial charge in [0.2, 0.25) is 0 Å². The van der Waals surface area contributed by atoms with Gasteiger partial charge in [-0.05, 0) is 17.7 Å². The van der Waals surface area contributed by atoms with Crippen LogP contribution in [0, 0.1) is 0 Å². The smallest absolute Gasteiger partial charge is 0.338 e. The van der Waals surface area contributed by atoms with Crippen LogP contribution in [0.5, 0.6) is 11.5 Å². The van der Waals surface area contributed by atoms with Gasteiger partial charge in [-0.25, -0.2) is 4.79 Å². The molecule has 0 atom stereocenters. The van der Waals surface area contributed by atoms with Crippen LogP contribution in [0.1, 0.15) is 21.5 Å². The van der Waals surface area contributed by atoms with Crippen LogP contribution in [0.4, 0.5) is 0 Å². The monoisotopic (exact) mass is 298 g/mol. The highest BCUT2D eigenvalue weighted by molar-refractivity contribution is 5.92. The zero-order valence-corrected chi connectivity index (χ0v) is 12.8. The second-order valence-corrected chi connectivity index (χ2v) is 4.54. The van der Waals surface area contributed by atoms with Crippen LogP contribution >= 0.6 is 0 Å². The van der Waals surface area contributed by atoms with Gasteiger partial charge in [0.05, 0.1) is 26.9 Å². The third-order valence-corrected chi connectivity index (χ3v) is 3.18. The lowest BCUT2D eigenvalue weighted by Crippen LogP contribution is -2.03. The minimum Gasteiger partial charge on any atom is -0.493 e. The molecule has 2 aromatic rings. The highest BCUT2D eigenvalue weighted by Gasteiger charge is 2.15. The van der Waals surface area contributed by atoms with Crippen molar-refractivity contribution in [3.05, 3.63) is 59.2 Å². The van der Waals surface area contributed by atoms with Gasteiger partial charge < -0.3 is 14.2 Å². The average molecular weight is 298 g/mol. The zero-order chi connectivity index (χ0) is 15.9. The first-order valence-corrected chi connectivity index (χ1v) is 6.77. The lowest BCUT2D eigenvalue weighted by Gasteiger charge is -2.12. The first-order valence-electron chi connectivity index (χ1n) is 6.77. The van der Waals surface area contributed by atoms with E-state index < -0.39 is 5.97 Å². The number of hydrogen-bond donors (Lipinski definition) is 0. The third kappa shape index (κ3) is 3.47. The van der Waals surface area contributed by atoms with Crippen molar-refractivity contribution in [3.63, 3.8) is 0 Å². The Balaban J connectivity index is 2.47. The number of carbonyl (C=O) groups excluding carboxylic acids is 1. The van der Waals surface area contributed by atoms with E-state index >= 15 is 0 Å². The summed E-state index contributed by atoms with van der Waals surface area (Å²) in [4.78, 5) is 11.8. The average Bonchev–Trinajstić information content (AvgIpc) is 2.59. The lowest BCUT2D eigenvalue weighted by molar-refractivity contribution is 0.0600. The molecule has 0 amide bonds. The van der Waals surface area contributed by atoms with Crippen molar-refractivity contribution in [1.29, 1.82) is 0 Å². The van der Waals surface area contributed by atoms with Crippen molar-refractivity contribution < 1.29 is 19.0 Å². The van der Waals surface area contributed by atoms with E-state index in [9.17, 15) is 4.79 Å². The number of methoxy groups -OCH3 is 3. The second-order valence-electron chi connectivity index (χ2n) is 4.54. The minimum atomic E-state index is -0.421. The van der Waals surface area contributed by atoms with Gasteiger partial charge in [0.15, 0.2) is 11.5 Å². The first kappa shape index (κ1) is 15.6. The fourth-order valence-corrected chi connectivity index (χ4v) is 2.10. The lowest BCUT2D eigenvalue weighted by atomic mass is 10.1. The van der Waals surface area contributed by atoms with Crippen molar-refractivity contribution in [3.8, 4) is 11.5 Å². The third-order valence-electron chi connectivity index (χ3n) is 3.18. The molecule has 4 heteroatoms. The number of esters is 1. The summed E-state index contributed by atoms with van der Waals surface area (Å²) in [5.74, 6) is 0.635. The summed E-state index contributed by atoms with van der Waals surface area (Å²) in [6, 6.07) is 13.2. The van der Waals surface area contributed by atoms with E-state index in [1.807, 2.05) is 42.5 Å². The Morgan fingerprint density at radius 1 is 0.955 bits per heavy atom. The summed E-state index contributed by atoms with van der Waals surface area (Å²) in [6.07, 6.45) is 3.82. The molecule has 0 aromatic heterocycles. The van der Waals surface area contributed by atoms with E-state index in [1.54, 1.807) is 19.2 Å². The molecule has 0 saturated carbocycles. The molecule has 0 aliphatic heterocycles. The van der Waals surface area contributed by atoms with Crippen molar-refractivity contribution >= 4 is 18.1 Å². The highest BCUT2D eigenvalue weighted by Crippen LogP contribution is 2.34. The van der Waals surface area contributed by atoms with Gasteiger partial charge in [0, 0.05) is 5.56 Å². The Morgan fingerprint density at radius 3 is 2.27 bits per heavy atom. The predicted molar refractivity (Wildman–Crippen MR) is 86.3 cm³/mol. The number of ether oxygens (including phenoxy) is 3. The molecule has 0 bridgehead atoms. The van der Waals surface area contributed by atoms with Crippen LogP contribution in [0.2, 0.25) is 0 Å². The summed E-state index contributed by atoms with van der Waals surface area (Å²) in [5, 5.41) is 0. The summed E-state index contributed by atoms with van der Waals surface area (Å²) in [5.41, 5.74) is 2.20. The molecule has 0 saturated heterocycles. The molecule has 0 N–H and O–H groups in total. The summed E-state index contributed by atoms with van der Waals surface area (Å²) < 4.78 is 15.5. The Bertz CT molecular complexity index is 675. The molecule has 0 aliphatic carbocycles. The van der Waals surface area contributed by atoms with Crippen LogP contribution in [-0.2, 0) is 4.74 Å². The van der Waals surface area contributed by atoms with Crippen LogP contribution in [0.15, 0.2) is 42.5 Å². The van der Waals surface area contributed by atoms with Gasteiger partial charge in [-0.15, -0.1) is 0 Å². The van der Waals surface area contributed by atoms with E-state index in [4.69, 9.17) is 14.2 Å². The van der Waals surface area contributed by atoms with Gasteiger partial charge in [-0.1, -0.05) is 42.5 Å². The van der Waals surface area contributed by atoms with Crippen LogP contribution in [0.25, 0.3) is 12.2 Å². The van der Waals surface area contributed by atoms with Crippen molar-refractivity contribution in [1.82, 2.24) is 0 Å². The van der Waals surface area contributed by atoms with Crippen molar-refractivity contribution in [2.45, 2.75) is 0 Å². The largest absolute Gasteiger partial charge is 0.493 e. The fourth-order valence-electron chi connectivity index (χ4n) is 2.10. The number of benzene rings is 2. The molecular weight excluding hydrogens is 280 g/mol. The van der Waals surface area contributed by atoms with Gasteiger partial charge in [0.1, 0.15) is 0 Å². The van der Waals surface area contributed by atoms with Gasteiger partial charge >= 0.3 is 5.97 Å². The summed E-state index contributed by atoms with van der Waals surface area (Å²) in [7, 11) is 4.44. The Morgan fingerprint density at radius 2 is 1.68 bits per heavy atom. The van der Waals surface area contributed by atoms with Crippen LogP contribution < -0.4 is 9.47 Å². The Hall–Kier alpha value is -2.75. The molecule has 0 heterocycles. The molecule has 0 radical (unpaired) electrons. The standard InChI is InChI=1S/C18H18O4/c1-20-16-12-15(18(19)22-3)11-14(17(16)21-2)10-9-13-7-5-4-6-8-13/h4-12H,1-3H3. The molecule has 2 aromatic carbocycles. The number of carbonyl (C=O) groups is 1. The molecule has 2 rings (SSSR count). The molecule has 0 aliphatic rings. The molecule has 22 heavy (non-hydrogen) atoms. The minimum absolute atomic E-state index is 0.410. The maximum atomic E-state index is 11.8. The van der Waals surface area contributed by atoms with E-state index in [2.05, 4.69) is 0 Å². The zero-order valence-electron chi connectivity index (χ0n) is 12.8. The molecule has 0 spiro atoms. The molecule has 0 unspecified atom stereocenters. The van der Waals surface area contributed by atoms with Gasteiger partial charge in [-0.3, -0.25) is 0 Å². The topological polar surface area (TPSA) is 44.8 Å². The van der Waals surface area contributed by atoms with Crippen LogP contribution in [-0.4, -0.2) is 27.3 Å². The highest BCUT2D eigenvalue weighted by atomic mass is 16.5. The van der Waals surface area contributed by atoms with Crippen molar-refractivity contribution in [2.75, 3.05) is 21.3 Å². The SMILES string of the molecule is COC(=O)c1cc(C=Cc2ccccc2)c(OC)c(OC)c1. The van der Waals surface area contributed by atoms with Crippen LogP contribution in [0.3, 0.4) is 0 Å². The van der Waals surface area contributed by atoms with E-state index in [0.29, 0.717) is 17.1 Å². The maximum Gasteiger partial charge on any atom is 0.338 e. The fraction of sp³-hybridized carbons (Fsp3) is 0.167. The van der Waals surface area contributed by atoms with Gasteiger partial charge in [-0.2, -0.15) is 0 Å². The predicted octanol–water partition coefficient (Wildman–Crippen LogP) is 3.66. The van der Waals surface area contributed by atoms with E-state index in [1.165, 1.54) is 14.2 Å². The number of rotatable bonds is 5. The molecule has 114 valence electrons. The molecule has 0 fully saturated rings. The summed E-state index contributed by atoms with van der Waals surface area (Å²) >= 11 is 0. The second kappa shape index (κ2) is 7.31. The van der Waals surface area contributed by atoms with Gasteiger partial charge in [0.25, 0.3) is 0 Å².